The maximum atomic E-state index is 12.6. The Morgan fingerprint density at radius 2 is 2.35 bits per heavy atom. The van der Waals surface area contributed by atoms with E-state index in [1.807, 2.05) is 24.0 Å². The van der Waals surface area contributed by atoms with E-state index in [0.29, 0.717) is 17.1 Å². The number of nitrogens with zero attached hydrogens (tertiary/aromatic N) is 2. The largest absolute Gasteiger partial charge is 0.397 e. The average molecular weight is 291 g/mol. The van der Waals surface area contributed by atoms with Gasteiger partial charge in [-0.25, -0.2) is 4.98 Å². The number of rotatable bonds is 2. The number of carbonyl (C=O) groups excluding carboxylic acids is 1. The molecule has 106 valence electrons. The van der Waals surface area contributed by atoms with Crippen molar-refractivity contribution in [1.82, 2.24) is 9.88 Å². The summed E-state index contributed by atoms with van der Waals surface area (Å²) < 4.78 is 5.30. The molecule has 1 saturated heterocycles. The second kappa shape index (κ2) is 5.03. The first-order valence-electron chi connectivity index (χ1n) is 6.58. The molecule has 1 aliphatic heterocycles. The maximum absolute atomic E-state index is 12.6. The smallest absolute Gasteiger partial charge is 0.266 e. The molecule has 20 heavy (non-hydrogen) atoms. The lowest BCUT2D eigenvalue weighted by atomic mass is 10.2. The number of pyridine rings is 1. The van der Waals surface area contributed by atoms with Gasteiger partial charge in [-0.1, -0.05) is 0 Å². The van der Waals surface area contributed by atoms with Gasteiger partial charge in [-0.2, -0.15) is 0 Å². The third-order valence-electron chi connectivity index (χ3n) is 3.69. The van der Waals surface area contributed by atoms with Crippen molar-refractivity contribution in [2.45, 2.75) is 19.4 Å². The van der Waals surface area contributed by atoms with E-state index in [1.165, 1.54) is 11.3 Å². The van der Waals surface area contributed by atoms with E-state index in [9.17, 15) is 4.79 Å². The summed E-state index contributed by atoms with van der Waals surface area (Å²) in [7, 11) is 1.68. The molecule has 1 aliphatic rings. The molecule has 0 aliphatic carbocycles. The van der Waals surface area contributed by atoms with Crippen molar-refractivity contribution in [1.29, 1.82) is 0 Å². The van der Waals surface area contributed by atoms with Crippen LogP contribution in [0.3, 0.4) is 0 Å². The molecular formula is C14H17N3O2S. The molecule has 0 spiro atoms. The number of nitrogens with two attached hydrogens (primary N) is 1. The normalized spacial score (nSPS) is 18.9. The number of fused-ring (bicyclic) bond motifs is 1. The zero-order valence-electron chi connectivity index (χ0n) is 11.5. The fourth-order valence-corrected chi connectivity index (χ4v) is 3.60. The lowest BCUT2D eigenvalue weighted by Crippen LogP contribution is -2.29. The van der Waals surface area contributed by atoms with Crippen LogP contribution in [-0.2, 0) is 4.74 Å². The minimum atomic E-state index is -0.0114. The van der Waals surface area contributed by atoms with Gasteiger partial charge in [0.1, 0.15) is 9.71 Å². The minimum Gasteiger partial charge on any atom is -0.397 e. The number of carbonyl (C=O) groups is 1. The topological polar surface area (TPSA) is 68.5 Å². The highest BCUT2D eigenvalue weighted by atomic mass is 32.1. The molecule has 0 bridgehead atoms. The van der Waals surface area contributed by atoms with Gasteiger partial charge in [0.15, 0.2) is 0 Å². The Hall–Kier alpha value is -1.66. The maximum Gasteiger partial charge on any atom is 0.266 e. The molecule has 0 saturated carbocycles. The zero-order chi connectivity index (χ0) is 14.3. The number of aromatic nitrogens is 1. The molecule has 3 heterocycles. The molecule has 1 amide bonds. The van der Waals surface area contributed by atoms with Crippen molar-refractivity contribution in [2.75, 3.05) is 25.9 Å². The van der Waals surface area contributed by atoms with Gasteiger partial charge in [-0.05, 0) is 25.5 Å². The Bertz CT molecular complexity index is 668. The van der Waals surface area contributed by atoms with E-state index in [0.717, 1.165) is 28.9 Å². The molecule has 1 unspecified atom stereocenters. The number of methoxy groups -OCH3 is 1. The molecule has 2 aromatic heterocycles. The number of ether oxygens (including phenoxy) is 1. The molecule has 2 N–H and O–H groups in total. The number of nitrogen functional groups attached to an aromatic ring is 1. The second-order valence-corrected chi connectivity index (χ2v) is 6.05. The first-order valence-corrected chi connectivity index (χ1v) is 7.39. The highest BCUT2D eigenvalue weighted by Gasteiger charge is 2.29. The SMILES string of the molecule is COC1CCN(C(=O)c2sc3nc(C)ccc3c2N)C1. The van der Waals surface area contributed by atoms with Crippen molar-refractivity contribution >= 4 is 33.1 Å². The van der Waals surface area contributed by atoms with Gasteiger partial charge in [0.05, 0.1) is 11.8 Å². The van der Waals surface area contributed by atoms with E-state index >= 15 is 0 Å². The van der Waals surface area contributed by atoms with Gasteiger partial charge >= 0.3 is 0 Å². The summed E-state index contributed by atoms with van der Waals surface area (Å²) in [6, 6.07) is 3.85. The van der Waals surface area contributed by atoms with E-state index in [4.69, 9.17) is 10.5 Å². The lowest BCUT2D eigenvalue weighted by Gasteiger charge is -2.15. The summed E-state index contributed by atoms with van der Waals surface area (Å²) in [5, 5.41) is 0.867. The molecule has 0 aromatic carbocycles. The summed E-state index contributed by atoms with van der Waals surface area (Å²) in [4.78, 5) is 20.2. The number of anilines is 1. The molecule has 0 radical (unpaired) electrons. The van der Waals surface area contributed by atoms with Crippen LogP contribution in [0.4, 0.5) is 5.69 Å². The number of amides is 1. The highest BCUT2D eigenvalue weighted by molar-refractivity contribution is 7.21. The van der Waals surface area contributed by atoms with Crippen LogP contribution >= 0.6 is 11.3 Å². The Kier molecular flexibility index (Phi) is 3.35. The number of hydrogen-bond donors (Lipinski definition) is 1. The average Bonchev–Trinajstić information content (AvgIpc) is 3.03. The Labute approximate surface area is 121 Å². The van der Waals surface area contributed by atoms with Gasteiger partial charge in [0.25, 0.3) is 5.91 Å². The summed E-state index contributed by atoms with van der Waals surface area (Å²) in [5.74, 6) is -0.0114. The van der Waals surface area contributed by atoms with Crippen molar-refractivity contribution < 1.29 is 9.53 Å². The van der Waals surface area contributed by atoms with Crippen molar-refractivity contribution in [3.63, 3.8) is 0 Å². The van der Waals surface area contributed by atoms with Gasteiger partial charge in [-0.15, -0.1) is 11.3 Å². The number of thiophene rings is 1. The number of hydrogen-bond acceptors (Lipinski definition) is 5. The van der Waals surface area contributed by atoms with Gasteiger partial charge in [0, 0.05) is 31.3 Å². The summed E-state index contributed by atoms with van der Waals surface area (Å²) in [6.45, 7) is 3.29. The van der Waals surface area contributed by atoms with Crippen LogP contribution in [0.5, 0.6) is 0 Å². The van der Waals surface area contributed by atoms with Crippen LogP contribution in [-0.4, -0.2) is 42.1 Å². The number of likely N-dealkylation sites (tertiary alicyclic amines) is 1. The van der Waals surface area contributed by atoms with E-state index in [-0.39, 0.29) is 12.0 Å². The molecule has 1 fully saturated rings. The zero-order valence-corrected chi connectivity index (χ0v) is 12.4. The summed E-state index contributed by atoms with van der Waals surface area (Å²) >= 11 is 1.37. The summed E-state index contributed by atoms with van der Waals surface area (Å²) in [5.41, 5.74) is 7.59. The molecule has 6 heteroatoms. The van der Waals surface area contributed by atoms with E-state index in [2.05, 4.69) is 4.98 Å². The quantitative estimate of drug-likeness (QED) is 0.919. The van der Waals surface area contributed by atoms with Crippen LogP contribution in [0.1, 0.15) is 21.8 Å². The standard InChI is InChI=1S/C14H17N3O2S/c1-8-3-4-10-11(15)12(20-13(10)16-8)14(18)17-6-5-9(7-17)19-2/h3-4,9H,5-7,15H2,1-2H3. The second-order valence-electron chi connectivity index (χ2n) is 5.05. The molecule has 5 nitrogen and oxygen atoms in total. The highest BCUT2D eigenvalue weighted by Crippen LogP contribution is 2.34. The van der Waals surface area contributed by atoms with Crippen LogP contribution in [0.25, 0.3) is 10.2 Å². The third-order valence-corrected chi connectivity index (χ3v) is 4.80. The first-order chi connectivity index (χ1) is 9.60. The van der Waals surface area contributed by atoms with Gasteiger partial charge in [-0.3, -0.25) is 4.79 Å². The van der Waals surface area contributed by atoms with Crippen LogP contribution in [0, 0.1) is 6.92 Å². The Morgan fingerprint density at radius 1 is 1.55 bits per heavy atom. The summed E-state index contributed by atoms with van der Waals surface area (Å²) in [6.07, 6.45) is 1.01. The van der Waals surface area contributed by atoms with E-state index < -0.39 is 0 Å². The van der Waals surface area contributed by atoms with Crippen LogP contribution in [0.2, 0.25) is 0 Å². The predicted molar refractivity (Wildman–Crippen MR) is 80.1 cm³/mol. The first kappa shape index (κ1) is 13.3. The Balaban J connectivity index is 1.94. The Morgan fingerprint density at radius 3 is 3.05 bits per heavy atom. The van der Waals surface area contributed by atoms with Gasteiger partial charge < -0.3 is 15.4 Å². The monoisotopic (exact) mass is 291 g/mol. The number of aryl methyl sites for hydroxylation is 1. The van der Waals surface area contributed by atoms with Crippen molar-refractivity contribution in [3.8, 4) is 0 Å². The molecule has 1 atom stereocenters. The fraction of sp³-hybridized carbons (Fsp3) is 0.429. The molecular weight excluding hydrogens is 274 g/mol. The third kappa shape index (κ3) is 2.14. The van der Waals surface area contributed by atoms with Crippen molar-refractivity contribution in [2.24, 2.45) is 0 Å². The van der Waals surface area contributed by atoms with Crippen LogP contribution in [0.15, 0.2) is 12.1 Å². The molecule has 2 aromatic rings. The minimum absolute atomic E-state index is 0.0114. The lowest BCUT2D eigenvalue weighted by molar-refractivity contribution is 0.0729. The molecule has 3 rings (SSSR count). The van der Waals surface area contributed by atoms with Crippen molar-refractivity contribution in [3.05, 3.63) is 22.7 Å². The van der Waals surface area contributed by atoms with Crippen LogP contribution < -0.4 is 5.73 Å². The predicted octanol–water partition coefficient (Wildman–Crippen LogP) is 2.05. The van der Waals surface area contributed by atoms with Gasteiger partial charge in [0.2, 0.25) is 0 Å². The fourth-order valence-electron chi connectivity index (χ4n) is 2.50. The van der Waals surface area contributed by atoms with E-state index in [1.54, 1.807) is 7.11 Å².